The van der Waals surface area contributed by atoms with Gasteiger partial charge in [0.1, 0.15) is 34.1 Å². The fourth-order valence-electron chi connectivity index (χ4n) is 7.79. The summed E-state index contributed by atoms with van der Waals surface area (Å²) in [6, 6.07) is 8.17. The van der Waals surface area contributed by atoms with Crippen LogP contribution in [0.2, 0.25) is 0 Å². The molecular weight excluding hydrogens is 843 g/mol. The first-order valence-corrected chi connectivity index (χ1v) is 22.0. The van der Waals surface area contributed by atoms with E-state index in [0.29, 0.717) is 88.4 Å². The lowest BCUT2D eigenvalue weighted by molar-refractivity contribution is 0.0358. The number of thiazole rings is 1. The second-order valence-corrected chi connectivity index (χ2v) is 16.3. The van der Waals surface area contributed by atoms with E-state index in [0.717, 1.165) is 36.8 Å². The van der Waals surface area contributed by atoms with Gasteiger partial charge in [-0.15, -0.1) is 11.3 Å². The van der Waals surface area contributed by atoms with Gasteiger partial charge in [0.05, 0.1) is 91.0 Å². The molecule has 1 aliphatic rings. The molecule has 0 saturated carbocycles. The van der Waals surface area contributed by atoms with Gasteiger partial charge in [-0.1, -0.05) is 19.1 Å². The predicted octanol–water partition coefficient (Wildman–Crippen LogP) is 5.86. The Bertz CT molecular complexity index is 2720. The number of fused-ring (bicyclic) bond motifs is 2. The molecule has 0 aliphatic carbocycles. The average molecular weight is 896 g/mol. The van der Waals surface area contributed by atoms with Gasteiger partial charge in [0.25, 0.3) is 5.91 Å². The van der Waals surface area contributed by atoms with Crippen LogP contribution in [0.5, 0.6) is 11.5 Å². The van der Waals surface area contributed by atoms with Crippen LogP contribution in [0, 0.1) is 13.8 Å². The van der Waals surface area contributed by atoms with Gasteiger partial charge < -0.3 is 32.8 Å². The number of carbonyl (C=O) groups excluding carboxylic acids is 4. The summed E-state index contributed by atoms with van der Waals surface area (Å²) in [5.41, 5.74) is 4.30. The molecule has 338 valence electrons. The first-order chi connectivity index (χ1) is 31.0. The molecule has 0 atom stereocenters. The van der Waals surface area contributed by atoms with E-state index in [1.54, 1.807) is 35.0 Å². The maximum absolute atomic E-state index is 13.9. The molecule has 7 rings (SSSR count). The molecule has 18 nitrogen and oxygen atoms in total. The van der Waals surface area contributed by atoms with Gasteiger partial charge in [0.15, 0.2) is 5.78 Å². The number of hydrogen-bond donors (Lipinski definition) is 1. The molecule has 5 heterocycles. The van der Waals surface area contributed by atoms with E-state index in [4.69, 9.17) is 33.7 Å². The number of allylic oxidation sites excluding steroid dienone is 2. The summed E-state index contributed by atoms with van der Waals surface area (Å²) in [5.74, 6) is -0.191. The van der Waals surface area contributed by atoms with Crippen molar-refractivity contribution in [2.24, 2.45) is 0 Å². The number of esters is 2. The van der Waals surface area contributed by atoms with Gasteiger partial charge in [0, 0.05) is 39.3 Å². The Labute approximate surface area is 374 Å². The Kier molecular flexibility index (Phi) is 14.5. The molecule has 1 aliphatic heterocycles. The molecular formula is C45H53N9O9S. The highest BCUT2D eigenvalue weighted by molar-refractivity contribution is 7.13. The topological polar surface area (TPSA) is 196 Å². The number of aromatic nitrogens is 7. The van der Waals surface area contributed by atoms with Crippen molar-refractivity contribution in [3.63, 3.8) is 0 Å². The minimum atomic E-state index is -0.560. The average Bonchev–Trinajstić information content (AvgIpc) is 4.07. The van der Waals surface area contributed by atoms with E-state index in [1.165, 1.54) is 32.7 Å². The van der Waals surface area contributed by atoms with Crippen LogP contribution in [0.4, 0.5) is 5.95 Å². The highest BCUT2D eigenvalue weighted by Gasteiger charge is 2.25. The minimum Gasteiger partial charge on any atom is -0.494 e. The number of methoxy groups -OCH3 is 3. The Morgan fingerprint density at radius 1 is 0.844 bits per heavy atom. The SMILES string of the molecule is CCc1nc(C)sc1C(=O)Cc1nc2cc(C(=O)OC)cc(OC)c2n1C/C=C/Cn1c(NC(=O)c2cc(C)nn2CC)nc2cc(C(=O)OC)cc(OCCCN3CCOCC3)c21. The summed E-state index contributed by atoms with van der Waals surface area (Å²) in [7, 11) is 4.12. The fourth-order valence-corrected chi connectivity index (χ4v) is 8.74. The number of carbonyl (C=O) groups is 4. The Balaban J connectivity index is 1.26. The zero-order valence-electron chi connectivity index (χ0n) is 37.2. The first-order valence-electron chi connectivity index (χ1n) is 21.2. The maximum Gasteiger partial charge on any atom is 0.338 e. The molecule has 0 unspecified atom stereocenters. The largest absolute Gasteiger partial charge is 0.494 e. The van der Waals surface area contributed by atoms with Crippen molar-refractivity contribution >= 4 is 63.0 Å². The second-order valence-electron chi connectivity index (χ2n) is 15.1. The molecule has 2 aromatic carbocycles. The third kappa shape index (κ3) is 9.85. The minimum absolute atomic E-state index is 0.0290. The maximum atomic E-state index is 13.9. The van der Waals surface area contributed by atoms with Crippen LogP contribution in [-0.4, -0.2) is 123 Å². The van der Waals surface area contributed by atoms with Gasteiger partial charge in [-0.05, 0) is 63.9 Å². The van der Waals surface area contributed by atoms with E-state index >= 15 is 0 Å². The predicted molar refractivity (Wildman–Crippen MR) is 240 cm³/mol. The van der Waals surface area contributed by atoms with Crippen LogP contribution >= 0.6 is 11.3 Å². The summed E-state index contributed by atoms with van der Waals surface area (Å²) in [5, 5.41) is 8.24. The van der Waals surface area contributed by atoms with E-state index in [1.807, 2.05) is 49.0 Å². The number of nitrogens with zero attached hydrogens (tertiary/aromatic N) is 8. The quantitative estimate of drug-likeness (QED) is 0.0440. The third-order valence-corrected chi connectivity index (χ3v) is 11.9. The van der Waals surface area contributed by atoms with Crippen LogP contribution in [0.3, 0.4) is 0 Å². The van der Waals surface area contributed by atoms with E-state index in [2.05, 4.69) is 20.3 Å². The molecule has 1 N–H and O–H groups in total. The summed E-state index contributed by atoms with van der Waals surface area (Å²) in [6.07, 6.45) is 5.12. The summed E-state index contributed by atoms with van der Waals surface area (Å²) in [6.45, 7) is 12.7. The van der Waals surface area contributed by atoms with Crippen LogP contribution < -0.4 is 14.8 Å². The van der Waals surface area contributed by atoms with Gasteiger partial charge in [-0.25, -0.2) is 24.5 Å². The fraction of sp³-hybridized carbons (Fsp3) is 0.422. The number of imidazole rings is 2. The van der Waals surface area contributed by atoms with Crippen molar-refractivity contribution in [2.45, 2.75) is 66.6 Å². The zero-order chi connectivity index (χ0) is 45.5. The number of ketones is 1. The number of Topliss-reactive ketones (excluding diaryl/α,β-unsaturated/α-hetero) is 1. The van der Waals surface area contributed by atoms with Crippen molar-refractivity contribution in [3.05, 3.63) is 86.4 Å². The number of aryl methyl sites for hydroxylation is 4. The number of benzene rings is 2. The van der Waals surface area contributed by atoms with Crippen molar-refractivity contribution in [1.82, 2.24) is 38.8 Å². The monoisotopic (exact) mass is 895 g/mol. The van der Waals surface area contributed by atoms with Gasteiger partial charge in [0.2, 0.25) is 5.95 Å². The molecule has 1 amide bonds. The Morgan fingerprint density at radius 3 is 2.16 bits per heavy atom. The van der Waals surface area contributed by atoms with Gasteiger partial charge in [-0.2, -0.15) is 5.10 Å². The summed E-state index contributed by atoms with van der Waals surface area (Å²) in [4.78, 5) is 70.5. The highest BCUT2D eigenvalue weighted by Crippen LogP contribution is 2.33. The van der Waals surface area contributed by atoms with Gasteiger partial charge in [-0.3, -0.25) is 24.5 Å². The Morgan fingerprint density at radius 2 is 1.50 bits per heavy atom. The van der Waals surface area contributed by atoms with Crippen LogP contribution in [0.15, 0.2) is 42.5 Å². The lowest BCUT2D eigenvalue weighted by atomic mass is 10.1. The van der Waals surface area contributed by atoms with Crippen molar-refractivity contribution in [2.75, 3.05) is 66.1 Å². The second kappa shape index (κ2) is 20.4. The van der Waals surface area contributed by atoms with Crippen molar-refractivity contribution in [3.8, 4) is 11.5 Å². The number of anilines is 1. The number of rotatable bonds is 19. The molecule has 0 radical (unpaired) electrons. The third-order valence-electron chi connectivity index (χ3n) is 10.8. The van der Waals surface area contributed by atoms with E-state index in [9.17, 15) is 19.2 Å². The molecule has 19 heteroatoms. The molecule has 1 fully saturated rings. The smallest absolute Gasteiger partial charge is 0.338 e. The number of hydrogen-bond acceptors (Lipinski definition) is 15. The first kappa shape index (κ1) is 45.6. The molecule has 64 heavy (non-hydrogen) atoms. The van der Waals surface area contributed by atoms with Crippen molar-refractivity contribution < 1.29 is 42.9 Å². The van der Waals surface area contributed by atoms with Crippen LogP contribution in [0.25, 0.3) is 22.1 Å². The van der Waals surface area contributed by atoms with E-state index in [-0.39, 0.29) is 42.4 Å². The van der Waals surface area contributed by atoms with Crippen LogP contribution in [-0.2, 0) is 46.7 Å². The summed E-state index contributed by atoms with van der Waals surface area (Å²) >= 11 is 1.36. The molecule has 0 spiro atoms. The zero-order valence-corrected chi connectivity index (χ0v) is 38.0. The number of morpholine rings is 1. The van der Waals surface area contributed by atoms with E-state index < -0.39 is 17.8 Å². The molecule has 0 bridgehead atoms. The molecule has 6 aromatic rings. The molecule has 1 saturated heterocycles. The van der Waals surface area contributed by atoms with Gasteiger partial charge >= 0.3 is 11.9 Å². The summed E-state index contributed by atoms with van der Waals surface area (Å²) < 4.78 is 33.1. The van der Waals surface area contributed by atoms with Crippen LogP contribution in [0.1, 0.15) is 83.4 Å². The number of nitrogens with one attached hydrogen (secondary N) is 1. The standard InChI is InChI=1S/C45H53N9O9S/c1-8-31-41(64-28(4)46-31)35(55)26-38-47-32-22-29(43(57)60-6)24-36(59-5)39(32)52(38)14-10-11-15-53-40-33(48-45(53)49-42(56)34-21-27(3)50-54(34)9-2)23-30(44(58)61-7)25-37(40)63-18-12-13-51-16-19-62-20-17-51/h10-11,21-25H,8-9,12-20,26H2,1-7H3,(H,48,49,56)/b11-10+. The Hall–Kier alpha value is -6.44. The lowest BCUT2D eigenvalue weighted by Gasteiger charge is -2.26. The highest BCUT2D eigenvalue weighted by atomic mass is 32.1. The molecule has 4 aromatic heterocycles. The lowest BCUT2D eigenvalue weighted by Crippen LogP contribution is -2.37. The normalized spacial score (nSPS) is 13.2. The van der Waals surface area contributed by atoms with Crippen molar-refractivity contribution in [1.29, 1.82) is 0 Å². The number of ether oxygens (including phenoxy) is 5. The number of amides is 1.